The lowest BCUT2D eigenvalue weighted by Gasteiger charge is -2.08. The number of aryl methyl sites for hydroxylation is 1. The van der Waals surface area contributed by atoms with Gasteiger partial charge in [0.15, 0.2) is 5.82 Å². The van der Waals surface area contributed by atoms with Gasteiger partial charge in [-0.25, -0.2) is 4.98 Å². The van der Waals surface area contributed by atoms with Crippen molar-refractivity contribution < 1.29 is 4.74 Å². The predicted molar refractivity (Wildman–Crippen MR) is 111 cm³/mol. The Bertz CT molecular complexity index is 1020. The van der Waals surface area contributed by atoms with Crippen LogP contribution in [0.25, 0.3) is 10.9 Å². The molecule has 0 saturated carbocycles. The number of nitrogens with one attached hydrogen (secondary N) is 1. The van der Waals surface area contributed by atoms with Crippen LogP contribution in [0, 0.1) is 0 Å². The van der Waals surface area contributed by atoms with Gasteiger partial charge in [0.1, 0.15) is 12.4 Å². The highest BCUT2D eigenvalue weighted by Crippen LogP contribution is 2.18. The van der Waals surface area contributed by atoms with Gasteiger partial charge < -0.3 is 4.74 Å². The fourth-order valence-electron chi connectivity index (χ4n) is 2.92. The first-order valence-corrected chi connectivity index (χ1v) is 10.4. The van der Waals surface area contributed by atoms with Crippen molar-refractivity contribution in [2.45, 2.75) is 25.2 Å². The van der Waals surface area contributed by atoms with E-state index in [2.05, 4.69) is 49.9 Å². The minimum Gasteiger partial charge on any atom is -0.487 e. The van der Waals surface area contributed by atoms with Gasteiger partial charge in [0.05, 0.1) is 17.0 Å². The quantitative estimate of drug-likeness (QED) is 0.431. The van der Waals surface area contributed by atoms with Crippen molar-refractivity contribution in [2.24, 2.45) is 0 Å². The summed E-state index contributed by atoms with van der Waals surface area (Å²) in [6.45, 7) is 0.467. The van der Waals surface area contributed by atoms with Crippen LogP contribution in [0.4, 0.5) is 0 Å². The highest BCUT2D eigenvalue weighted by Gasteiger charge is 2.02. The number of pyridine rings is 1. The summed E-state index contributed by atoms with van der Waals surface area (Å²) in [4.78, 5) is 4.66. The second-order valence-corrected chi connectivity index (χ2v) is 7.52. The Kier molecular flexibility index (Phi) is 6.14. The largest absolute Gasteiger partial charge is 0.487 e. The number of rotatable bonds is 9. The van der Waals surface area contributed by atoms with Crippen LogP contribution >= 0.6 is 11.8 Å². The summed E-state index contributed by atoms with van der Waals surface area (Å²) >= 11 is 1.82. The van der Waals surface area contributed by atoms with Gasteiger partial charge in [-0.1, -0.05) is 41.6 Å². The number of hydrogen-bond acceptors (Lipinski definition) is 6. The van der Waals surface area contributed by atoms with Gasteiger partial charge in [0.25, 0.3) is 0 Å². The molecule has 0 fully saturated rings. The van der Waals surface area contributed by atoms with Crippen LogP contribution in [0.5, 0.6) is 5.75 Å². The molecule has 0 aliphatic rings. The summed E-state index contributed by atoms with van der Waals surface area (Å²) in [7, 11) is 0. The molecule has 0 amide bonds. The number of aromatic amines is 1. The van der Waals surface area contributed by atoms with Crippen LogP contribution < -0.4 is 4.74 Å². The summed E-state index contributed by atoms with van der Waals surface area (Å²) in [5, 5.41) is 15.1. The fraction of sp³-hybridized carbons (Fsp3) is 0.238. The highest BCUT2D eigenvalue weighted by atomic mass is 32.2. The van der Waals surface area contributed by atoms with Crippen LogP contribution in [-0.4, -0.2) is 31.4 Å². The third-order valence-electron chi connectivity index (χ3n) is 4.32. The topological polar surface area (TPSA) is 76.6 Å². The molecule has 0 radical (unpaired) electrons. The standard InChI is InChI=1S/C21H21N5OS/c1-2-9-20-17(7-1)10-11-18(22-20)14-27-19-8-3-5-16(13-19)6-4-12-28-15-21-23-25-26-24-21/h1-3,5,7-11,13H,4,6,12,14-15H2,(H,23,24,25,26). The molecular weight excluding hydrogens is 370 g/mol. The Balaban J connectivity index is 1.25. The monoisotopic (exact) mass is 391 g/mol. The molecule has 0 unspecified atom stereocenters. The molecule has 1 N–H and O–H groups in total. The van der Waals surface area contributed by atoms with E-state index in [0.29, 0.717) is 6.61 Å². The maximum Gasteiger partial charge on any atom is 0.184 e. The van der Waals surface area contributed by atoms with Gasteiger partial charge in [-0.2, -0.15) is 17.0 Å². The first-order valence-electron chi connectivity index (χ1n) is 9.23. The molecule has 6 nitrogen and oxygen atoms in total. The van der Waals surface area contributed by atoms with E-state index in [-0.39, 0.29) is 0 Å². The fourth-order valence-corrected chi connectivity index (χ4v) is 3.72. The van der Waals surface area contributed by atoms with E-state index in [1.54, 1.807) is 0 Å². The van der Waals surface area contributed by atoms with Gasteiger partial charge >= 0.3 is 0 Å². The predicted octanol–water partition coefficient (Wildman–Crippen LogP) is 4.19. The van der Waals surface area contributed by atoms with Crippen LogP contribution in [0.3, 0.4) is 0 Å². The Labute approximate surface area is 167 Å². The van der Waals surface area contributed by atoms with Gasteiger partial charge in [-0.15, -0.1) is 10.2 Å². The van der Waals surface area contributed by atoms with Crippen LogP contribution in [0.15, 0.2) is 60.7 Å². The number of H-pyrrole nitrogens is 1. The van der Waals surface area contributed by atoms with Crippen molar-refractivity contribution in [1.29, 1.82) is 0 Å². The summed E-state index contributed by atoms with van der Waals surface area (Å²) < 4.78 is 5.96. The van der Waals surface area contributed by atoms with Crippen molar-refractivity contribution in [1.82, 2.24) is 25.6 Å². The molecule has 4 rings (SSSR count). The molecule has 142 valence electrons. The van der Waals surface area contributed by atoms with E-state index < -0.39 is 0 Å². The third-order valence-corrected chi connectivity index (χ3v) is 5.36. The molecule has 7 heteroatoms. The number of ether oxygens (including phenoxy) is 1. The first kappa shape index (κ1) is 18.4. The average molecular weight is 392 g/mol. The highest BCUT2D eigenvalue weighted by molar-refractivity contribution is 7.98. The Morgan fingerprint density at radius 1 is 1.00 bits per heavy atom. The first-order chi connectivity index (χ1) is 13.9. The number of aromatic nitrogens is 5. The lowest BCUT2D eigenvalue weighted by atomic mass is 10.1. The van der Waals surface area contributed by atoms with E-state index in [0.717, 1.165) is 52.5 Å². The van der Waals surface area contributed by atoms with Crippen LogP contribution in [-0.2, 0) is 18.8 Å². The minimum absolute atomic E-state index is 0.467. The van der Waals surface area contributed by atoms with E-state index >= 15 is 0 Å². The van der Waals surface area contributed by atoms with Crippen molar-refractivity contribution >= 4 is 22.7 Å². The molecular formula is C21H21N5OS. The molecule has 2 aromatic heterocycles. The number of benzene rings is 2. The smallest absolute Gasteiger partial charge is 0.184 e. The van der Waals surface area contributed by atoms with Gasteiger partial charge in [-0.3, -0.25) is 0 Å². The minimum atomic E-state index is 0.467. The average Bonchev–Trinajstić information content (AvgIpc) is 3.26. The molecule has 2 aromatic carbocycles. The van der Waals surface area contributed by atoms with E-state index in [4.69, 9.17) is 4.74 Å². The molecule has 28 heavy (non-hydrogen) atoms. The van der Waals surface area contributed by atoms with E-state index in [9.17, 15) is 0 Å². The molecule has 2 heterocycles. The second kappa shape index (κ2) is 9.32. The van der Waals surface area contributed by atoms with Crippen LogP contribution in [0.1, 0.15) is 23.5 Å². The number of para-hydroxylation sites is 1. The number of thioether (sulfide) groups is 1. The van der Waals surface area contributed by atoms with Gasteiger partial charge in [0, 0.05) is 5.39 Å². The van der Waals surface area contributed by atoms with Gasteiger partial charge in [0.2, 0.25) is 0 Å². The third kappa shape index (κ3) is 5.07. The number of nitrogens with zero attached hydrogens (tertiary/aromatic N) is 4. The van der Waals surface area contributed by atoms with E-state index in [1.165, 1.54) is 5.56 Å². The summed E-state index contributed by atoms with van der Waals surface area (Å²) in [5.41, 5.74) is 3.21. The van der Waals surface area contributed by atoms with Crippen molar-refractivity contribution in [3.05, 3.63) is 77.7 Å². The van der Waals surface area contributed by atoms with E-state index in [1.807, 2.05) is 48.2 Å². The zero-order valence-corrected chi connectivity index (χ0v) is 16.2. The lowest BCUT2D eigenvalue weighted by molar-refractivity contribution is 0.301. The zero-order valence-electron chi connectivity index (χ0n) is 15.4. The maximum atomic E-state index is 5.96. The number of hydrogen-bond donors (Lipinski definition) is 1. The molecule has 0 spiro atoms. The van der Waals surface area contributed by atoms with Crippen LogP contribution in [0.2, 0.25) is 0 Å². The molecule has 0 aliphatic heterocycles. The summed E-state index contributed by atoms with van der Waals surface area (Å²) in [6.07, 6.45) is 2.11. The van der Waals surface area contributed by atoms with Crippen molar-refractivity contribution in [3.63, 3.8) is 0 Å². The second-order valence-electron chi connectivity index (χ2n) is 6.42. The Hall–Kier alpha value is -2.93. The lowest BCUT2D eigenvalue weighted by Crippen LogP contribution is -1.99. The molecule has 0 aliphatic carbocycles. The molecule has 0 saturated heterocycles. The normalized spacial score (nSPS) is 11.0. The molecule has 0 bridgehead atoms. The van der Waals surface area contributed by atoms with Crippen molar-refractivity contribution in [3.8, 4) is 5.75 Å². The zero-order chi connectivity index (χ0) is 19.0. The molecule has 0 atom stereocenters. The Morgan fingerprint density at radius 2 is 1.96 bits per heavy atom. The number of tetrazole rings is 1. The summed E-state index contributed by atoms with van der Waals surface area (Å²) in [5.74, 6) is 3.48. The van der Waals surface area contributed by atoms with Gasteiger partial charge in [-0.05, 0) is 48.4 Å². The maximum absolute atomic E-state index is 5.96. The Morgan fingerprint density at radius 3 is 2.89 bits per heavy atom. The summed E-state index contributed by atoms with van der Waals surface area (Å²) in [6, 6.07) is 20.5. The number of fused-ring (bicyclic) bond motifs is 1. The van der Waals surface area contributed by atoms with Crippen molar-refractivity contribution in [2.75, 3.05) is 5.75 Å². The SMILES string of the molecule is c1cc(CCCSCc2nn[nH]n2)cc(OCc2ccc3ccccc3n2)c1. The molecule has 4 aromatic rings.